The molecule has 6 heteroatoms. The first kappa shape index (κ1) is 17.0. The largest absolute Gasteiger partial charge is 0.492 e. The molecule has 1 amide bonds. The van der Waals surface area contributed by atoms with E-state index in [9.17, 15) is 15.0 Å². The molecule has 2 aromatic rings. The Kier molecular flexibility index (Phi) is 5.73. The van der Waals surface area contributed by atoms with Gasteiger partial charge in [0.2, 0.25) is 11.8 Å². The third-order valence-corrected chi connectivity index (χ3v) is 3.78. The summed E-state index contributed by atoms with van der Waals surface area (Å²) in [5.74, 6) is -0.560. The van der Waals surface area contributed by atoms with Crippen molar-refractivity contribution in [3.8, 4) is 11.8 Å². The number of amides is 1. The predicted molar refractivity (Wildman–Crippen MR) is 88.6 cm³/mol. The SMILES string of the molecule is CCCCN(CCCC)C(=O)On1c(O)c2ccccc2c1O. The zero-order valence-corrected chi connectivity index (χ0v) is 13.7. The van der Waals surface area contributed by atoms with Crippen LogP contribution in [0.3, 0.4) is 0 Å². The summed E-state index contributed by atoms with van der Waals surface area (Å²) in [5.41, 5.74) is 0. The molecule has 0 saturated carbocycles. The van der Waals surface area contributed by atoms with Crippen LogP contribution in [0.1, 0.15) is 39.5 Å². The molecule has 1 heterocycles. The molecule has 0 spiro atoms. The van der Waals surface area contributed by atoms with Gasteiger partial charge in [-0.25, -0.2) is 4.79 Å². The van der Waals surface area contributed by atoms with Crippen molar-refractivity contribution in [2.24, 2.45) is 0 Å². The number of unbranched alkanes of at least 4 members (excludes halogenated alkanes) is 2. The lowest BCUT2D eigenvalue weighted by molar-refractivity contribution is 0.0745. The van der Waals surface area contributed by atoms with Crippen LogP contribution in [0.25, 0.3) is 10.8 Å². The molecule has 1 aromatic heterocycles. The Morgan fingerprint density at radius 3 is 1.96 bits per heavy atom. The van der Waals surface area contributed by atoms with Gasteiger partial charge in [0, 0.05) is 13.1 Å². The summed E-state index contributed by atoms with van der Waals surface area (Å²) in [6, 6.07) is 6.78. The van der Waals surface area contributed by atoms with Crippen LogP contribution in [-0.4, -0.2) is 39.0 Å². The lowest BCUT2D eigenvalue weighted by atomic mass is 10.2. The van der Waals surface area contributed by atoms with E-state index >= 15 is 0 Å². The number of rotatable bonds is 7. The number of nitrogens with zero attached hydrogens (tertiary/aromatic N) is 2. The molecule has 126 valence electrons. The first-order valence-corrected chi connectivity index (χ1v) is 8.08. The summed E-state index contributed by atoms with van der Waals surface area (Å²) in [4.78, 5) is 19.2. The van der Waals surface area contributed by atoms with Crippen molar-refractivity contribution in [2.45, 2.75) is 39.5 Å². The van der Waals surface area contributed by atoms with Crippen LogP contribution in [0.2, 0.25) is 0 Å². The molecule has 0 unspecified atom stereocenters. The van der Waals surface area contributed by atoms with Crippen LogP contribution in [0.4, 0.5) is 4.79 Å². The molecular weight excluding hydrogens is 296 g/mol. The number of hydrogen-bond acceptors (Lipinski definition) is 4. The fourth-order valence-corrected chi connectivity index (χ4v) is 2.41. The van der Waals surface area contributed by atoms with E-state index in [1.54, 1.807) is 29.2 Å². The van der Waals surface area contributed by atoms with Gasteiger partial charge in [-0.1, -0.05) is 38.8 Å². The second kappa shape index (κ2) is 7.76. The molecule has 2 rings (SSSR count). The van der Waals surface area contributed by atoms with Gasteiger partial charge in [0.1, 0.15) is 0 Å². The fraction of sp³-hybridized carbons (Fsp3) is 0.471. The van der Waals surface area contributed by atoms with Gasteiger partial charge in [-0.3, -0.25) is 0 Å². The Hall–Kier alpha value is -2.37. The zero-order chi connectivity index (χ0) is 16.8. The summed E-state index contributed by atoms with van der Waals surface area (Å²) in [5, 5.41) is 21.2. The van der Waals surface area contributed by atoms with E-state index < -0.39 is 6.09 Å². The number of aromatic hydroxyl groups is 2. The maximum absolute atomic E-state index is 12.4. The van der Waals surface area contributed by atoms with E-state index in [0.29, 0.717) is 23.9 Å². The minimum absolute atomic E-state index is 0.280. The quantitative estimate of drug-likeness (QED) is 0.818. The Balaban J connectivity index is 2.20. The number of benzene rings is 1. The minimum atomic E-state index is -0.571. The Bertz CT molecular complexity index is 619. The highest BCUT2D eigenvalue weighted by Crippen LogP contribution is 2.34. The summed E-state index contributed by atoms with van der Waals surface area (Å²) in [6.45, 7) is 5.30. The topological polar surface area (TPSA) is 74.9 Å². The molecule has 0 aliphatic rings. The van der Waals surface area contributed by atoms with Gasteiger partial charge in [0.05, 0.1) is 10.8 Å². The predicted octanol–water partition coefficient (Wildman–Crippen LogP) is 3.50. The van der Waals surface area contributed by atoms with Gasteiger partial charge in [0.15, 0.2) is 0 Å². The van der Waals surface area contributed by atoms with Crippen molar-refractivity contribution in [3.63, 3.8) is 0 Å². The van der Waals surface area contributed by atoms with Crippen molar-refractivity contribution >= 4 is 16.9 Å². The maximum atomic E-state index is 12.4. The highest BCUT2D eigenvalue weighted by atomic mass is 16.7. The monoisotopic (exact) mass is 320 g/mol. The third-order valence-electron chi connectivity index (χ3n) is 3.78. The molecule has 6 nitrogen and oxygen atoms in total. The fourth-order valence-electron chi connectivity index (χ4n) is 2.41. The van der Waals surface area contributed by atoms with Crippen molar-refractivity contribution in [1.29, 1.82) is 0 Å². The van der Waals surface area contributed by atoms with Crippen LogP contribution in [0.5, 0.6) is 11.8 Å². The van der Waals surface area contributed by atoms with Gasteiger partial charge in [-0.05, 0) is 25.0 Å². The normalized spacial score (nSPS) is 10.9. The molecule has 23 heavy (non-hydrogen) atoms. The lowest BCUT2D eigenvalue weighted by Crippen LogP contribution is -2.38. The van der Waals surface area contributed by atoms with Crippen LogP contribution in [-0.2, 0) is 0 Å². The van der Waals surface area contributed by atoms with Gasteiger partial charge in [-0.2, -0.15) is 0 Å². The number of hydrogen-bond donors (Lipinski definition) is 2. The van der Waals surface area contributed by atoms with Crippen LogP contribution < -0.4 is 4.84 Å². The Labute approximate surface area is 135 Å². The number of aromatic nitrogens is 1. The lowest BCUT2D eigenvalue weighted by Gasteiger charge is -2.21. The summed E-state index contributed by atoms with van der Waals surface area (Å²) >= 11 is 0. The van der Waals surface area contributed by atoms with Crippen molar-refractivity contribution in [3.05, 3.63) is 24.3 Å². The molecular formula is C17H24N2O4. The second-order valence-electron chi connectivity index (χ2n) is 5.54. The molecule has 0 fully saturated rings. The van der Waals surface area contributed by atoms with Gasteiger partial charge in [-0.15, -0.1) is 4.73 Å². The summed E-state index contributed by atoms with van der Waals surface area (Å²) < 4.78 is 0.790. The van der Waals surface area contributed by atoms with E-state index in [1.165, 1.54) is 0 Å². The average molecular weight is 320 g/mol. The molecule has 0 aliphatic carbocycles. The Morgan fingerprint density at radius 2 is 1.52 bits per heavy atom. The third kappa shape index (κ3) is 3.70. The number of carbonyl (C=O) groups is 1. The van der Waals surface area contributed by atoms with Crippen molar-refractivity contribution < 1.29 is 19.8 Å². The smallest absolute Gasteiger partial charge is 0.434 e. The highest BCUT2D eigenvalue weighted by molar-refractivity contribution is 5.92. The summed E-state index contributed by atoms with van der Waals surface area (Å²) in [6.07, 6.45) is 3.13. The summed E-state index contributed by atoms with van der Waals surface area (Å²) in [7, 11) is 0. The highest BCUT2D eigenvalue weighted by Gasteiger charge is 2.22. The van der Waals surface area contributed by atoms with E-state index in [1.807, 2.05) is 0 Å². The Morgan fingerprint density at radius 1 is 1.04 bits per heavy atom. The molecule has 0 atom stereocenters. The van der Waals surface area contributed by atoms with E-state index in [0.717, 1.165) is 30.4 Å². The van der Waals surface area contributed by atoms with E-state index in [4.69, 9.17) is 4.84 Å². The van der Waals surface area contributed by atoms with Gasteiger partial charge >= 0.3 is 6.09 Å². The molecule has 1 aromatic carbocycles. The first-order valence-electron chi connectivity index (χ1n) is 8.08. The first-order chi connectivity index (χ1) is 11.1. The number of fused-ring (bicyclic) bond motifs is 1. The van der Waals surface area contributed by atoms with E-state index in [2.05, 4.69) is 13.8 Å². The molecule has 0 radical (unpaired) electrons. The molecule has 2 N–H and O–H groups in total. The van der Waals surface area contributed by atoms with Crippen LogP contribution in [0.15, 0.2) is 24.3 Å². The molecule has 0 saturated heterocycles. The van der Waals surface area contributed by atoms with E-state index in [-0.39, 0.29) is 11.8 Å². The van der Waals surface area contributed by atoms with Gasteiger partial charge in [0.25, 0.3) is 0 Å². The molecule has 0 bridgehead atoms. The van der Waals surface area contributed by atoms with Crippen LogP contribution >= 0.6 is 0 Å². The standard InChI is InChI=1S/C17H24N2O4/c1-3-5-11-18(12-6-4-2)17(22)23-19-15(20)13-9-7-8-10-14(13)16(19)21/h7-10,20-21H,3-6,11-12H2,1-2H3. The van der Waals surface area contributed by atoms with Crippen molar-refractivity contribution in [2.75, 3.05) is 13.1 Å². The van der Waals surface area contributed by atoms with Crippen LogP contribution in [0, 0.1) is 0 Å². The maximum Gasteiger partial charge on any atom is 0.434 e. The second-order valence-corrected chi connectivity index (χ2v) is 5.54. The zero-order valence-electron chi connectivity index (χ0n) is 13.7. The van der Waals surface area contributed by atoms with Gasteiger partial charge < -0.3 is 20.0 Å². The average Bonchev–Trinajstić information content (AvgIpc) is 2.80. The minimum Gasteiger partial charge on any atom is -0.492 e. The molecule has 0 aliphatic heterocycles. The number of carbonyl (C=O) groups excluding carboxylic acids is 1. The van der Waals surface area contributed by atoms with Crippen molar-refractivity contribution in [1.82, 2.24) is 9.63 Å².